The van der Waals surface area contributed by atoms with E-state index in [-0.39, 0.29) is 25.2 Å². The van der Waals surface area contributed by atoms with Crippen LogP contribution in [-0.2, 0) is 4.79 Å². The Morgan fingerprint density at radius 3 is 2.36 bits per heavy atom. The van der Waals surface area contributed by atoms with Gasteiger partial charge in [0.25, 0.3) is 11.8 Å². The molecule has 1 aliphatic heterocycles. The van der Waals surface area contributed by atoms with Gasteiger partial charge in [-0.3, -0.25) is 9.59 Å². The van der Waals surface area contributed by atoms with Crippen LogP contribution in [0, 0.1) is 0 Å². The number of fused-ring (bicyclic) bond motifs is 1. The van der Waals surface area contributed by atoms with E-state index in [0.29, 0.717) is 42.5 Å². The van der Waals surface area contributed by atoms with Crippen molar-refractivity contribution in [3.05, 3.63) is 48.0 Å². The Morgan fingerprint density at radius 1 is 0.929 bits per heavy atom. The van der Waals surface area contributed by atoms with Crippen LogP contribution in [0.2, 0.25) is 0 Å². The first-order chi connectivity index (χ1) is 13.7. The molecule has 0 radical (unpaired) electrons. The van der Waals surface area contributed by atoms with Crippen LogP contribution in [0.3, 0.4) is 0 Å². The quantitative estimate of drug-likeness (QED) is 0.638. The van der Waals surface area contributed by atoms with Crippen molar-refractivity contribution < 1.29 is 28.5 Å². The summed E-state index contributed by atoms with van der Waals surface area (Å²) < 4.78 is 21.2. The lowest BCUT2D eigenvalue weighted by Gasteiger charge is -2.09. The van der Waals surface area contributed by atoms with E-state index >= 15 is 0 Å². The monoisotopic (exact) mass is 386 g/mol. The first kappa shape index (κ1) is 19.3. The number of benzene rings is 2. The molecule has 148 valence electrons. The highest BCUT2D eigenvalue weighted by atomic mass is 16.7. The summed E-state index contributed by atoms with van der Waals surface area (Å²) in [4.78, 5) is 23.9. The third-order valence-corrected chi connectivity index (χ3v) is 3.87. The molecular formula is C20H22N2O6. The average Bonchev–Trinajstić information content (AvgIpc) is 3.18. The molecule has 3 rings (SSSR count). The van der Waals surface area contributed by atoms with Crippen LogP contribution in [0.5, 0.6) is 23.0 Å². The van der Waals surface area contributed by atoms with Gasteiger partial charge in [0.15, 0.2) is 18.1 Å². The van der Waals surface area contributed by atoms with E-state index in [0.717, 1.165) is 5.75 Å². The van der Waals surface area contributed by atoms with Gasteiger partial charge < -0.3 is 29.6 Å². The fourth-order valence-electron chi connectivity index (χ4n) is 2.52. The molecule has 1 heterocycles. The van der Waals surface area contributed by atoms with E-state index in [1.54, 1.807) is 42.5 Å². The minimum absolute atomic E-state index is 0.107. The second kappa shape index (κ2) is 9.50. The van der Waals surface area contributed by atoms with Crippen molar-refractivity contribution in [1.82, 2.24) is 10.6 Å². The van der Waals surface area contributed by atoms with E-state index in [9.17, 15) is 9.59 Å². The second-order valence-electron chi connectivity index (χ2n) is 5.87. The number of hydrogen-bond acceptors (Lipinski definition) is 6. The van der Waals surface area contributed by atoms with Gasteiger partial charge in [0.05, 0.1) is 6.61 Å². The zero-order valence-corrected chi connectivity index (χ0v) is 15.5. The van der Waals surface area contributed by atoms with E-state index in [1.807, 2.05) is 6.92 Å². The third kappa shape index (κ3) is 5.29. The highest BCUT2D eigenvalue weighted by Gasteiger charge is 2.16. The fraction of sp³-hybridized carbons (Fsp3) is 0.300. The topological polar surface area (TPSA) is 95.1 Å². The number of ether oxygens (including phenoxy) is 4. The molecule has 2 aromatic carbocycles. The van der Waals surface area contributed by atoms with Crippen LogP contribution in [0.4, 0.5) is 0 Å². The van der Waals surface area contributed by atoms with Crippen molar-refractivity contribution in [2.24, 2.45) is 0 Å². The summed E-state index contributed by atoms with van der Waals surface area (Å²) in [5.41, 5.74) is 0.467. The number of amides is 2. The predicted octanol–water partition coefficient (Wildman–Crippen LogP) is 1.74. The maximum Gasteiger partial charge on any atom is 0.258 e. The highest BCUT2D eigenvalue weighted by molar-refractivity contribution is 5.95. The Bertz CT molecular complexity index is 822. The number of hydrogen-bond donors (Lipinski definition) is 2. The normalized spacial score (nSPS) is 11.6. The number of carbonyl (C=O) groups is 2. The van der Waals surface area contributed by atoms with E-state index < -0.39 is 0 Å². The lowest BCUT2D eigenvalue weighted by molar-refractivity contribution is -0.123. The van der Waals surface area contributed by atoms with Crippen molar-refractivity contribution in [3.63, 3.8) is 0 Å². The van der Waals surface area contributed by atoms with Crippen molar-refractivity contribution >= 4 is 11.8 Å². The Labute approximate surface area is 162 Å². The summed E-state index contributed by atoms with van der Waals surface area (Å²) in [5, 5.41) is 5.42. The molecule has 28 heavy (non-hydrogen) atoms. The minimum atomic E-state index is -0.272. The number of rotatable bonds is 9. The average molecular weight is 386 g/mol. The lowest BCUT2D eigenvalue weighted by atomic mass is 10.2. The van der Waals surface area contributed by atoms with Crippen LogP contribution in [0.15, 0.2) is 42.5 Å². The maximum atomic E-state index is 12.1. The van der Waals surface area contributed by atoms with E-state index in [2.05, 4.69) is 10.6 Å². The predicted molar refractivity (Wildman–Crippen MR) is 101 cm³/mol. The molecule has 2 N–H and O–H groups in total. The Kier molecular flexibility index (Phi) is 6.56. The molecule has 1 aliphatic rings. The zero-order valence-electron chi connectivity index (χ0n) is 15.5. The summed E-state index contributed by atoms with van der Waals surface area (Å²) in [6.45, 7) is 3.14. The standard InChI is InChI=1S/C20H22N2O6/c1-2-25-15-4-6-16(7-5-15)26-12-19(23)21-9-10-22-20(24)14-3-8-17-18(11-14)28-13-27-17/h3-8,11H,2,9-10,12-13H2,1H3,(H,21,23)(H,22,24). The number of carbonyl (C=O) groups excluding carboxylic acids is 2. The van der Waals surface area contributed by atoms with Crippen LogP contribution in [0.1, 0.15) is 17.3 Å². The van der Waals surface area contributed by atoms with Gasteiger partial charge in [-0.05, 0) is 49.4 Å². The van der Waals surface area contributed by atoms with Crippen LogP contribution >= 0.6 is 0 Å². The molecule has 0 spiro atoms. The molecule has 0 fully saturated rings. The maximum absolute atomic E-state index is 12.1. The molecule has 0 saturated carbocycles. The van der Waals surface area contributed by atoms with Crippen molar-refractivity contribution in [2.75, 3.05) is 33.1 Å². The Hall–Kier alpha value is -3.42. The van der Waals surface area contributed by atoms with Crippen LogP contribution in [0.25, 0.3) is 0 Å². The van der Waals surface area contributed by atoms with Gasteiger partial charge in [-0.2, -0.15) is 0 Å². The molecule has 0 aromatic heterocycles. The SMILES string of the molecule is CCOc1ccc(OCC(=O)NCCNC(=O)c2ccc3c(c2)OCO3)cc1. The minimum Gasteiger partial charge on any atom is -0.494 e. The summed E-state index contributed by atoms with van der Waals surface area (Å²) in [6.07, 6.45) is 0. The molecule has 0 atom stereocenters. The summed E-state index contributed by atoms with van der Waals surface area (Å²) in [7, 11) is 0. The van der Waals surface area contributed by atoms with E-state index in [1.165, 1.54) is 0 Å². The van der Waals surface area contributed by atoms with Gasteiger partial charge in [0.2, 0.25) is 6.79 Å². The molecule has 0 unspecified atom stereocenters. The fourth-order valence-corrected chi connectivity index (χ4v) is 2.52. The van der Waals surface area contributed by atoms with Gasteiger partial charge >= 0.3 is 0 Å². The largest absolute Gasteiger partial charge is 0.494 e. The smallest absolute Gasteiger partial charge is 0.258 e. The lowest BCUT2D eigenvalue weighted by Crippen LogP contribution is -2.36. The first-order valence-electron chi connectivity index (χ1n) is 8.96. The molecule has 2 amide bonds. The molecule has 0 saturated heterocycles. The molecule has 2 aromatic rings. The third-order valence-electron chi connectivity index (χ3n) is 3.87. The van der Waals surface area contributed by atoms with Gasteiger partial charge in [-0.15, -0.1) is 0 Å². The van der Waals surface area contributed by atoms with Crippen molar-refractivity contribution in [3.8, 4) is 23.0 Å². The van der Waals surface area contributed by atoms with Crippen LogP contribution < -0.4 is 29.6 Å². The van der Waals surface area contributed by atoms with Crippen molar-refractivity contribution in [2.45, 2.75) is 6.92 Å². The van der Waals surface area contributed by atoms with E-state index in [4.69, 9.17) is 18.9 Å². The van der Waals surface area contributed by atoms with Gasteiger partial charge in [-0.1, -0.05) is 0 Å². The zero-order chi connectivity index (χ0) is 19.8. The molecule has 0 bridgehead atoms. The van der Waals surface area contributed by atoms with Gasteiger partial charge in [-0.25, -0.2) is 0 Å². The van der Waals surface area contributed by atoms with Crippen molar-refractivity contribution in [1.29, 1.82) is 0 Å². The first-order valence-corrected chi connectivity index (χ1v) is 8.96. The van der Waals surface area contributed by atoms with Gasteiger partial charge in [0.1, 0.15) is 11.5 Å². The molecule has 8 nitrogen and oxygen atoms in total. The Balaban J connectivity index is 1.33. The number of nitrogens with one attached hydrogen (secondary N) is 2. The highest BCUT2D eigenvalue weighted by Crippen LogP contribution is 2.32. The summed E-state index contributed by atoms with van der Waals surface area (Å²) >= 11 is 0. The second-order valence-corrected chi connectivity index (χ2v) is 5.87. The van der Waals surface area contributed by atoms with Crippen LogP contribution in [-0.4, -0.2) is 44.9 Å². The molecule has 0 aliphatic carbocycles. The molecular weight excluding hydrogens is 364 g/mol. The Morgan fingerprint density at radius 2 is 1.61 bits per heavy atom. The summed E-state index contributed by atoms with van der Waals surface area (Å²) in [5.74, 6) is 1.97. The summed E-state index contributed by atoms with van der Waals surface area (Å²) in [6, 6.07) is 12.0. The molecule has 8 heteroatoms. The van der Waals surface area contributed by atoms with Gasteiger partial charge in [0, 0.05) is 18.7 Å².